The summed E-state index contributed by atoms with van der Waals surface area (Å²) in [5.74, 6) is -0.0878. The smallest absolute Gasteiger partial charge is 0.303 e. The standard InChI is InChI=1S/C14H19Br3N2O3/c1-8(20)22-13-4-9-2-11(18,6-13)5-12(3-9,7-13)19-10(21)14(15,16)17/h9H,2-7,18H2,1H3,(H,19,21). The minimum absolute atomic E-state index is 0.198. The van der Waals surface area contributed by atoms with E-state index in [1.807, 2.05) is 0 Å². The van der Waals surface area contributed by atoms with Crippen molar-refractivity contribution in [3.63, 3.8) is 0 Å². The fourth-order valence-electron chi connectivity index (χ4n) is 5.29. The molecule has 22 heavy (non-hydrogen) atoms. The van der Waals surface area contributed by atoms with Gasteiger partial charge in [-0.1, -0.05) is 0 Å². The second-order valence-corrected chi connectivity index (χ2v) is 14.1. The van der Waals surface area contributed by atoms with Crippen molar-refractivity contribution in [3.05, 3.63) is 0 Å². The molecule has 0 aromatic heterocycles. The first-order chi connectivity index (χ1) is 9.95. The molecule has 4 aliphatic rings. The summed E-state index contributed by atoms with van der Waals surface area (Å²) in [7, 11) is 0. The van der Waals surface area contributed by atoms with Crippen LogP contribution in [0, 0.1) is 5.92 Å². The number of alkyl halides is 3. The van der Waals surface area contributed by atoms with E-state index in [9.17, 15) is 9.59 Å². The highest BCUT2D eigenvalue weighted by Gasteiger charge is 2.64. The van der Waals surface area contributed by atoms with E-state index in [4.69, 9.17) is 10.5 Å². The van der Waals surface area contributed by atoms with Gasteiger partial charge in [0.1, 0.15) is 5.60 Å². The van der Waals surface area contributed by atoms with Gasteiger partial charge in [0.15, 0.2) is 0 Å². The number of carbonyl (C=O) groups is 2. The van der Waals surface area contributed by atoms with Gasteiger partial charge < -0.3 is 15.8 Å². The Balaban J connectivity index is 1.90. The molecule has 0 radical (unpaired) electrons. The lowest BCUT2D eigenvalue weighted by Gasteiger charge is -2.64. The molecule has 5 nitrogen and oxygen atoms in total. The lowest BCUT2D eigenvalue weighted by molar-refractivity contribution is -0.193. The number of nitrogens with two attached hydrogens (primary N) is 1. The van der Waals surface area contributed by atoms with Crippen molar-refractivity contribution in [2.24, 2.45) is 11.7 Å². The number of carbonyl (C=O) groups excluding carboxylic acids is 2. The zero-order valence-corrected chi connectivity index (χ0v) is 17.0. The topological polar surface area (TPSA) is 81.4 Å². The molecule has 0 saturated heterocycles. The SMILES string of the molecule is CC(=O)OC12CC3CC(N)(CC(NC(=O)C(Br)(Br)Br)(C3)C1)C2. The van der Waals surface area contributed by atoms with Gasteiger partial charge in [0.05, 0.1) is 0 Å². The third kappa shape index (κ3) is 3.13. The molecule has 4 unspecified atom stereocenters. The van der Waals surface area contributed by atoms with Crippen LogP contribution in [0.4, 0.5) is 0 Å². The summed E-state index contributed by atoms with van der Waals surface area (Å²) < 4.78 is 4.71. The molecule has 4 saturated carbocycles. The molecule has 0 aromatic rings. The van der Waals surface area contributed by atoms with Gasteiger partial charge in [-0.15, -0.1) is 0 Å². The van der Waals surface area contributed by atoms with Gasteiger partial charge in [0.2, 0.25) is 2.14 Å². The number of rotatable bonds is 2. The van der Waals surface area contributed by atoms with E-state index >= 15 is 0 Å². The van der Waals surface area contributed by atoms with E-state index in [2.05, 4.69) is 53.1 Å². The van der Waals surface area contributed by atoms with E-state index < -0.39 is 13.3 Å². The monoisotopic (exact) mass is 500 g/mol. The van der Waals surface area contributed by atoms with Crippen LogP contribution in [0.5, 0.6) is 0 Å². The van der Waals surface area contributed by atoms with Gasteiger partial charge in [-0.2, -0.15) is 0 Å². The van der Waals surface area contributed by atoms with Crippen molar-refractivity contribution >= 4 is 59.7 Å². The van der Waals surface area contributed by atoms with Crippen LogP contribution < -0.4 is 11.1 Å². The van der Waals surface area contributed by atoms with Crippen LogP contribution in [0.25, 0.3) is 0 Å². The maximum absolute atomic E-state index is 12.4. The van der Waals surface area contributed by atoms with Crippen molar-refractivity contribution < 1.29 is 14.3 Å². The normalized spacial score (nSPS) is 43.0. The molecule has 4 atom stereocenters. The Morgan fingerprint density at radius 2 is 1.86 bits per heavy atom. The Morgan fingerprint density at radius 3 is 2.41 bits per heavy atom. The number of halogens is 3. The molecule has 8 heteroatoms. The molecule has 4 fully saturated rings. The molecule has 4 aliphatic carbocycles. The summed E-state index contributed by atoms with van der Waals surface area (Å²) in [6, 6.07) is 0. The molecule has 4 bridgehead atoms. The van der Waals surface area contributed by atoms with E-state index in [-0.39, 0.29) is 17.4 Å². The number of nitrogens with one attached hydrogen (secondary N) is 1. The van der Waals surface area contributed by atoms with E-state index in [1.165, 1.54) is 6.92 Å². The molecule has 1 amide bonds. The molecule has 124 valence electrons. The lowest BCUT2D eigenvalue weighted by Crippen LogP contribution is -2.74. The molecule has 0 aromatic carbocycles. The average molecular weight is 503 g/mol. The van der Waals surface area contributed by atoms with Crippen LogP contribution in [-0.2, 0) is 14.3 Å². The summed E-state index contributed by atoms with van der Waals surface area (Å²) >= 11 is 9.77. The summed E-state index contributed by atoms with van der Waals surface area (Å²) in [6.45, 7) is 1.44. The second kappa shape index (κ2) is 5.17. The summed E-state index contributed by atoms with van der Waals surface area (Å²) in [6.07, 6.45) is 4.75. The summed E-state index contributed by atoms with van der Waals surface area (Å²) in [4.78, 5) is 23.9. The molecular formula is C14H19Br3N2O3. The van der Waals surface area contributed by atoms with Crippen molar-refractivity contribution in [2.75, 3.05) is 0 Å². The van der Waals surface area contributed by atoms with Gasteiger partial charge in [0, 0.05) is 30.8 Å². The van der Waals surface area contributed by atoms with Gasteiger partial charge >= 0.3 is 5.97 Å². The van der Waals surface area contributed by atoms with Crippen LogP contribution in [0.1, 0.15) is 45.4 Å². The van der Waals surface area contributed by atoms with Gasteiger partial charge in [0.25, 0.3) is 5.91 Å². The van der Waals surface area contributed by atoms with Crippen LogP contribution in [-0.4, -0.2) is 30.7 Å². The zero-order valence-electron chi connectivity index (χ0n) is 12.3. The van der Waals surface area contributed by atoms with Crippen LogP contribution in [0.15, 0.2) is 0 Å². The highest BCUT2D eigenvalue weighted by Crippen LogP contribution is 2.60. The van der Waals surface area contributed by atoms with Crippen molar-refractivity contribution in [3.8, 4) is 0 Å². The first-order valence-corrected chi connectivity index (χ1v) is 9.71. The zero-order chi connectivity index (χ0) is 16.4. The van der Waals surface area contributed by atoms with E-state index in [0.717, 1.165) is 25.7 Å². The van der Waals surface area contributed by atoms with Gasteiger partial charge in [-0.25, -0.2) is 0 Å². The molecular weight excluding hydrogens is 484 g/mol. The minimum atomic E-state index is -0.993. The first-order valence-electron chi connectivity index (χ1n) is 7.33. The van der Waals surface area contributed by atoms with Gasteiger partial charge in [-0.3, -0.25) is 9.59 Å². The van der Waals surface area contributed by atoms with Crippen LogP contribution in [0.2, 0.25) is 0 Å². The van der Waals surface area contributed by atoms with E-state index in [1.54, 1.807) is 0 Å². The number of esters is 1. The Morgan fingerprint density at radius 1 is 1.18 bits per heavy atom. The summed E-state index contributed by atoms with van der Waals surface area (Å²) in [5, 5.41) is 3.14. The largest absolute Gasteiger partial charge is 0.459 e. The average Bonchev–Trinajstić information content (AvgIpc) is 2.20. The maximum Gasteiger partial charge on any atom is 0.303 e. The maximum atomic E-state index is 12.4. The number of hydrogen-bond donors (Lipinski definition) is 2. The fourth-order valence-corrected chi connectivity index (χ4v) is 5.59. The molecule has 0 spiro atoms. The second-order valence-electron chi connectivity index (χ2n) is 7.38. The van der Waals surface area contributed by atoms with Crippen molar-refractivity contribution in [1.29, 1.82) is 0 Å². The molecule has 0 aliphatic heterocycles. The predicted octanol–water partition coefficient (Wildman–Crippen LogP) is 2.68. The van der Waals surface area contributed by atoms with Crippen LogP contribution >= 0.6 is 47.8 Å². The van der Waals surface area contributed by atoms with Crippen molar-refractivity contribution in [2.45, 2.75) is 64.3 Å². The Hall–Kier alpha value is 0.340. The van der Waals surface area contributed by atoms with Crippen LogP contribution in [0.3, 0.4) is 0 Å². The van der Waals surface area contributed by atoms with Crippen molar-refractivity contribution in [1.82, 2.24) is 5.32 Å². The highest BCUT2D eigenvalue weighted by molar-refractivity contribution is 9.40. The molecule has 3 N–H and O–H groups in total. The Labute approximate surface area is 154 Å². The first kappa shape index (κ1) is 17.2. The fraction of sp³-hybridized carbons (Fsp3) is 0.857. The lowest BCUT2D eigenvalue weighted by atomic mass is 9.48. The van der Waals surface area contributed by atoms with E-state index in [0.29, 0.717) is 18.8 Å². The summed E-state index contributed by atoms with van der Waals surface area (Å²) in [5.41, 5.74) is 5.28. The Kier molecular flexibility index (Phi) is 4.03. The quantitative estimate of drug-likeness (QED) is 0.449. The third-order valence-electron chi connectivity index (χ3n) is 5.06. The minimum Gasteiger partial charge on any atom is -0.459 e. The molecule has 4 rings (SSSR count). The Bertz CT molecular complexity index is 538. The molecule has 0 heterocycles. The third-order valence-corrected chi connectivity index (χ3v) is 6.14. The number of amides is 1. The number of hydrogen-bond acceptors (Lipinski definition) is 4. The number of ether oxygens (including phenoxy) is 1. The highest BCUT2D eigenvalue weighted by atomic mass is 80.0. The predicted molar refractivity (Wildman–Crippen MR) is 93.0 cm³/mol. The van der Waals surface area contributed by atoms with Gasteiger partial charge in [-0.05, 0) is 79.4 Å².